The van der Waals surface area contributed by atoms with Crippen LogP contribution in [0.5, 0.6) is 0 Å². The molecule has 1 amide bonds. The first-order chi connectivity index (χ1) is 15.0. The summed E-state index contributed by atoms with van der Waals surface area (Å²) in [6.45, 7) is 2.07. The largest absolute Gasteiger partial charge is 0.325 e. The predicted octanol–water partition coefficient (Wildman–Crippen LogP) is 4.82. The summed E-state index contributed by atoms with van der Waals surface area (Å²) in [5.41, 5.74) is 2.76. The molecule has 0 saturated heterocycles. The third-order valence-corrected chi connectivity index (χ3v) is 5.75. The quantitative estimate of drug-likeness (QED) is 0.350. The van der Waals surface area contributed by atoms with Crippen LogP contribution in [0.15, 0.2) is 82.7 Å². The van der Waals surface area contributed by atoms with Crippen LogP contribution in [-0.2, 0) is 11.2 Å². The van der Waals surface area contributed by atoms with Gasteiger partial charge in [0, 0.05) is 5.69 Å². The first kappa shape index (κ1) is 20.8. The summed E-state index contributed by atoms with van der Waals surface area (Å²) >= 11 is 1.18. The van der Waals surface area contributed by atoms with Gasteiger partial charge < -0.3 is 5.32 Å². The van der Waals surface area contributed by atoms with Crippen LogP contribution in [0.4, 0.5) is 10.1 Å². The van der Waals surface area contributed by atoms with Crippen LogP contribution in [0.25, 0.3) is 16.6 Å². The number of nitrogens with zero attached hydrogens (tertiary/aromatic N) is 2. The van der Waals surface area contributed by atoms with Crippen molar-refractivity contribution in [1.29, 1.82) is 0 Å². The summed E-state index contributed by atoms with van der Waals surface area (Å²) in [6.07, 6.45) is 0.899. The lowest BCUT2D eigenvalue weighted by Crippen LogP contribution is -2.23. The summed E-state index contributed by atoms with van der Waals surface area (Å²) < 4.78 is 14.6. The number of hydrogen-bond acceptors (Lipinski definition) is 4. The van der Waals surface area contributed by atoms with E-state index in [2.05, 4.69) is 17.2 Å². The van der Waals surface area contributed by atoms with Crippen molar-refractivity contribution in [1.82, 2.24) is 9.55 Å². The van der Waals surface area contributed by atoms with Gasteiger partial charge in [0.1, 0.15) is 5.82 Å². The lowest BCUT2D eigenvalue weighted by Gasteiger charge is -2.13. The molecule has 31 heavy (non-hydrogen) atoms. The molecule has 1 aromatic heterocycles. The molecule has 0 radical (unpaired) electrons. The summed E-state index contributed by atoms with van der Waals surface area (Å²) in [6, 6.07) is 20.5. The van der Waals surface area contributed by atoms with Gasteiger partial charge in [-0.25, -0.2) is 9.37 Å². The molecule has 4 aromatic rings. The van der Waals surface area contributed by atoms with Gasteiger partial charge in [-0.15, -0.1) is 0 Å². The Morgan fingerprint density at radius 3 is 2.45 bits per heavy atom. The molecule has 156 valence electrons. The van der Waals surface area contributed by atoms with Gasteiger partial charge in [-0.2, -0.15) is 0 Å². The highest BCUT2D eigenvalue weighted by atomic mass is 32.2. The van der Waals surface area contributed by atoms with Gasteiger partial charge in [-0.3, -0.25) is 14.2 Å². The summed E-state index contributed by atoms with van der Waals surface area (Å²) in [7, 11) is 0. The van der Waals surface area contributed by atoms with E-state index in [1.54, 1.807) is 18.2 Å². The highest BCUT2D eigenvalue weighted by Crippen LogP contribution is 2.22. The normalized spacial score (nSPS) is 10.9. The number of fused-ring (bicyclic) bond motifs is 1. The number of rotatable bonds is 6. The SMILES string of the molecule is CCc1ccc(-n2c(SCC(=O)Nc3ccc(F)cc3)nc3ccccc3c2=O)cc1. The number of benzene rings is 3. The number of halogens is 1. The van der Waals surface area contributed by atoms with Crippen molar-refractivity contribution in [3.8, 4) is 5.69 Å². The fraction of sp³-hybridized carbons (Fsp3) is 0.125. The number of aryl methyl sites for hydroxylation is 1. The molecule has 1 heterocycles. The van der Waals surface area contributed by atoms with Gasteiger partial charge in [0.15, 0.2) is 5.16 Å². The minimum absolute atomic E-state index is 0.0508. The Hall–Kier alpha value is -3.45. The van der Waals surface area contributed by atoms with E-state index < -0.39 is 0 Å². The van der Waals surface area contributed by atoms with E-state index in [4.69, 9.17) is 0 Å². The highest BCUT2D eigenvalue weighted by molar-refractivity contribution is 7.99. The lowest BCUT2D eigenvalue weighted by molar-refractivity contribution is -0.113. The van der Waals surface area contributed by atoms with Gasteiger partial charge in [0.2, 0.25) is 5.91 Å². The van der Waals surface area contributed by atoms with Crippen LogP contribution in [0.3, 0.4) is 0 Å². The Labute approximate surface area is 182 Å². The molecule has 1 N–H and O–H groups in total. The molecular formula is C24H20FN3O2S. The molecular weight excluding hydrogens is 413 g/mol. The number of anilines is 1. The minimum atomic E-state index is -0.370. The molecule has 0 unspecified atom stereocenters. The number of aromatic nitrogens is 2. The topological polar surface area (TPSA) is 64.0 Å². The maximum absolute atomic E-state index is 13.2. The molecule has 0 aliphatic rings. The Bertz CT molecular complexity index is 1290. The first-order valence-corrected chi connectivity index (χ1v) is 10.8. The Morgan fingerprint density at radius 1 is 1.03 bits per heavy atom. The first-order valence-electron chi connectivity index (χ1n) is 9.84. The minimum Gasteiger partial charge on any atom is -0.325 e. The van der Waals surface area contributed by atoms with E-state index in [0.29, 0.717) is 27.4 Å². The van der Waals surface area contributed by atoms with Crippen LogP contribution in [0.1, 0.15) is 12.5 Å². The second kappa shape index (κ2) is 9.14. The van der Waals surface area contributed by atoms with Gasteiger partial charge in [-0.05, 0) is 60.5 Å². The monoisotopic (exact) mass is 433 g/mol. The second-order valence-corrected chi connectivity index (χ2v) is 7.86. The fourth-order valence-electron chi connectivity index (χ4n) is 3.18. The van der Waals surface area contributed by atoms with Crippen LogP contribution in [0.2, 0.25) is 0 Å². The van der Waals surface area contributed by atoms with E-state index in [-0.39, 0.29) is 23.0 Å². The molecule has 0 saturated carbocycles. The smallest absolute Gasteiger partial charge is 0.266 e. The zero-order valence-electron chi connectivity index (χ0n) is 16.8. The van der Waals surface area contributed by atoms with Gasteiger partial charge in [0.25, 0.3) is 5.56 Å². The van der Waals surface area contributed by atoms with Crippen LogP contribution >= 0.6 is 11.8 Å². The summed E-state index contributed by atoms with van der Waals surface area (Å²) in [4.78, 5) is 30.3. The molecule has 3 aromatic carbocycles. The van der Waals surface area contributed by atoms with Crippen LogP contribution in [0, 0.1) is 5.82 Å². The number of hydrogen-bond donors (Lipinski definition) is 1. The van der Waals surface area contributed by atoms with Crippen molar-refractivity contribution in [2.75, 3.05) is 11.1 Å². The van der Waals surface area contributed by atoms with E-state index in [1.165, 1.54) is 46.2 Å². The third kappa shape index (κ3) is 4.67. The average Bonchev–Trinajstić information content (AvgIpc) is 2.79. The standard InChI is InChI=1S/C24H20FN3O2S/c1-2-16-7-13-19(14-8-16)28-23(30)20-5-3-4-6-21(20)27-24(28)31-15-22(29)26-18-11-9-17(25)10-12-18/h3-14H,2,15H2,1H3,(H,26,29). The maximum atomic E-state index is 13.2. The van der Waals surface area contributed by atoms with Crippen molar-refractivity contribution >= 4 is 34.3 Å². The molecule has 0 fully saturated rings. The van der Waals surface area contributed by atoms with Crippen molar-refractivity contribution in [2.24, 2.45) is 0 Å². The van der Waals surface area contributed by atoms with Crippen LogP contribution in [-0.4, -0.2) is 21.2 Å². The Morgan fingerprint density at radius 2 is 1.74 bits per heavy atom. The second-order valence-electron chi connectivity index (χ2n) is 6.92. The number of nitrogens with one attached hydrogen (secondary N) is 1. The summed E-state index contributed by atoms with van der Waals surface area (Å²) in [5.74, 6) is -0.590. The third-order valence-electron chi connectivity index (χ3n) is 4.81. The molecule has 4 rings (SSSR count). The number of amides is 1. The van der Waals surface area contributed by atoms with Crippen molar-refractivity contribution < 1.29 is 9.18 Å². The number of carbonyl (C=O) groups is 1. The van der Waals surface area contributed by atoms with Gasteiger partial charge in [0.05, 0.1) is 22.3 Å². The zero-order chi connectivity index (χ0) is 21.8. The lowest BCUT2D eigenvalue weighted by atomic mass is 10.1. The fourth-order valence-corrected chi connectivity index (χ4v) is 3.99. The summed E-state index contributed by atoms with van der Waals surface area (Å²) in [5, 5.41) is 3.67. The van der Waals surface area contributed by atoms with E-state index in [1.807, 2.05) is 30.3 Å². The van der Waals surface area contributed by atoms with E-state index >= 15 is 0 Å². The molecule has 5 nitrogen and oxygen atoms in total. The number of thioether (sulfide) groups is 1. The maximum Gasteiger partial charge on any atom is 0.266 e. The van der Waals surface area contributed by atoms with E-state index in [9.17, 15) is 14.0 Å². The van der Waals surface area contributed by atoms with Crippen molar-refractivity contribution in [3.63, 3.8) is 0 Å². The molecule has 0 aliphatic heterocycles. The molecule has 0 aliphatic carbocycles. The average molecular weight is 434 g/mol. The highest BCUT2D eigenvalue weighted by Gasteiger charge is 2.15. The van der Waals surface area contributed by atoms with Crippen molar-refractivity contribution in [2.45, 2.75) is 18.5 Å². The Balaban J connectivity index is 1.66. The van der Waals surface area contributed by atoms with Gasteiger partial charge in [-0.1, -0.05) is 43.0 Å². The van der Waals surface area contributed by atoms with Crippen molar-refractivity contribution in [3.05, 3.63) is 94.5 Å². The molecule has 7 heteroatoms. The predicted molar refractivity (Wildman–Crippen MR) is 122 cm³/mol. The molecule has 0 atom stereocenters. The Kier molecular flexibility index (Phi) is 6.13. The number of para-hydroxylation sites is 1. The zero-order valence-corrected chi connectivity index (χ0v) is 17.7. The molecule has 0 spiro atoms. The van der Waals surface area contributed by atoms with Gasteiger partial charge >= 0.3 is 0 Å². The van der Waals surface area contributed by atoms with Crippen LogP contribution < -0.4 is 10.9 Å². The van der Waals surface area contributed by atoms with E-state index in [0.717, 1.165) is 6.42 Å². The molecule has 0 bridgehead atoms. The number of carbonyl (C=O) groups excluding carboxylic acids is 1.